The maximum Gasteiger partial charge on any atom is 0.385 e. The smallest absolute Gasteiger partial charge is 0.352 e. The van der Waals surface area contributed by atoms with E-state index in [0.29, 0.717) is 5.15 Å². The number of rotatable bonds is 5. The predicted octanol–water partition coefficient (Wildman–Crippen LogP) is 3.46. The molecule has 0 spiro atoms. The van der Waals surface area contributed by atoms with Gasteiger partial charge in [-0.1, -0.05) is 23.8 Å². The molecule has 0 radical (unpaired) electrons. The molecule has 1 aliphatic rings. The molecule has 7 nitrogen and oxygen atoms in total. The lowest BCUT2D eigenvalue weighted by Crippen LogP contribution is -2.15. The Morgan fingerprint density at radius 2 is 2.36 bits per heavy atom. The second-order valence-electron chi connectivity index (χ2n) is 4.86. The summed E-state index contributed by atoms with van der Waals surface area (Å²) < 4.78 is 29.2. The van der Waals surface area contributed by atoms with Gasteiger partial charge in [0.15, 0.2) is 0 Å². The summed E-state index contributed by atoms with van der Waals surface area (Å²) in [4.78, 5) is 8.20. The maximum absolute atomic E-state index is 11.6. The topological polar surface area (TPSA) is 75.5 Å². The lowest BCUT2D eigenvalue weighted by molar-refractivity contribution is -0.0167. The van der Waals surface area contributed by atoms with Crippen LogP contribution in [0, 0.1) is 0 Å². The molecule has 0 saturated carbocycles. The molecule has 0 bridgehead atoms. The Kier molecular flexibility index (Phi) is 4.77. The van der Waals surface area contributed by atoms with Crippen LogP contribution in [0.15, 0.2) is 18.6 Å². The Labute approximate surface area is 137 Å². The van der Waals surface area contributed by atoms with E-state index < -0.39 is 6.80 Å². The molecule has 10 heteroatoms. The summed E-state index contributed by atoms with van der Waals surface area (Å²) in [6.45, 7) is -3.12. The Hall–Kier alpha value is -0.630. The Balaban J connectivity index is 1.69. The summed E-state index contributed by atoms with van der Waals surface area (Å²) in [6, 6.07) is 1.86. The zero-order valence-corrected chi connectivity index (χ0v) is 14.3. The van der Waals surface area contributed by atoms with Crippen LogP contribution < -0.4 is 0 Å². The first-order valence-electron chi connectivity index (χ1n) is 6.66. The fraction of sp³-hybridized carbons (Fsp3) is 0.500. The molecule has 2 aromatic heterocycles. The third-order valence-corrected chi connectivity index (χ3v) is 5.58. The molecule has 0 N–H and O–H groups in total. The van der Waals surface area contributed by atoms with Crippen LogP contribution in [0.5, 0.6) is 0 Å². The summed E-state index contributed by atoms with van der Waals surface area (Å²) in [6.07, 6.45) is 4.53. The second-order valence-corrected chi connectivity index (χ2v) is 8.25. The van der Waals surface area contributed by atoms with Crippen molar-refractivity contribution >= 4 is 41.7 Å². The monoisotopic (exact) mass is 363 g/mol. The van der Waals surface area contributed by atoms with Gasteiger partial charge in [-0.3, -0.25) is 4.52 Å². The molecule has 0 amide bonds. The number of ether oxygens (including phenoxy) is 1. The lowest BCUT2D eigenvalue weighted by atomic mass is 10.2. The highest BCUT2D eigenvalue weighted by Crippen LogP contribution is 2.52. The minimum absolute atomic E-state index is 0.167. The van der Waals surface area contributed by atoms with E-state index in [9.17, 15) is 4.57 Å². The van der Waals surface area contributed by atoms with E-state index in [4.69, 9.17) is 20.9 Å². The van der Waals surface area contributed by atoms with Gasteiger partial charge in [-0.2, -0.15) is 0 Å². The largest absolute Gasteiger partial charge is 0.385 e. The molecule has 22 heavy (non-hydrogen) atoms. The van der Waals surface area contributed by atoms with Crippen molar-refractivity contribution in [1.82, 2.24) is 14.5 Å². The predicted molar refractivity (Wildman–Crippen MR) is 85.2 cm³/mol. The maximum atomic E-state index is 11.6. The number of halogens is 1. The molecule has 2 aromatic rings. The van der Waals surface area contributed by atoms with Crippen LogP contribution in [0.3, 0.4) is 0 Å². The molecular weight excluding hydrogens is 349 g/mol. The van der Waals surface area contributed by atoms with E-state index in [0.717, 1.165) is 23.9 Å². The molecule has 3 heterocycles. The van der Waals surface area contributed by atoms with Crippen molar-refractivity contribution in [2.24, 2.45) is 0 Å². The number of thiol groups is 1. The van der Waals surface area contributed by atoms with E-state index >= 15 is 0 Å². The molecule has 0 aromatic carbocycles. The number of hydrogen-bond acceptors (Lipinski definition) is 6. The molecule has 1 fully saturated rings. The summed E-state index contributed by atoms with van der Waals surface area (Å²) in [7, 11) is 1.29. The fourth-order valence-electron chi connectivity index (χ4n) is 2.42. The van der Waals surface area contributed by atoms with Gasteiger partial charge in [0.2, 0.25) is 0 Å². The van der Waals surface area contributed by atoms with E-state index in [1.807, 2.05) is 16.8 Å². The van der Waals surface area contributed by atoms with Crippen LogP contribution in [0.25, 0.3) is 11.0 Å². The molecule has 3 unspecified atom stereocenters. The molecular formula is C12H15ClN3O4PS. The van der Waals surface area contributed by atoms with Gasteiger partial charge in [0.05, 0.1) is 18.1 Å². The van der Waals surface area contributed by atoms with Crippen molar-refractivity contribution in [3.63, 3.8) is 0 Å². The fourth-order valence-corrected chi connectivity index (χ4v) is 3.27. The van der Waals surface area contributed by atoms with E-state index in [-0.39, 0.29) is 18.9 Å². The first-order chi connectivity index (χ1) is 10.5. The van der Waals surface area contributed by atoms with Gasteiger partial charge >= 0.3 is 6.80 Å². The first-order valence-corrected chi connectivity index (χ1v) is 9.73. The highest BCUT2D eigenvalue weighted by Gasteiger charge is 2.30. The van der Waals surface area contributed by atoms with Crippen LogP contribution in [0.4, 0.5) is 0 Å². The molecule has 3 rings (SSSR count). The minimum atomic E-state index is -3.28. The number of fused-ring (bicyclic) bond motifs is 1. The number of nitrogens with zero attached hydrogens (tertiary/aromatic N) is 3. The average Bonchev–Trinajstić information content (AvgIpc) is 3.12. The van der Waals surface area contributed by atoms with Crippen LogP contribution >= 0.6 is 30.6 Å². The van der Waals surface area contributed by atoms with E-state index in [1.54, 1.807) is 0 Å². The normalized spacial score (nSPS) is 24.7. The van der Waals surface area contributed by atoms with Gasteiger partial charge in [0, 0.05) is 13.3 Å². The van der Waals surface area contributed by atoms with Crippen molar-refractivity contribution in [1.29, 1.82) is 0 Å². The quantitative estimate of drug-likeness (QED) is 0.498. The van der Waals surface area contributed by atoms with Gasteiger partial charge in [-0.25, -0.2) is 14.5 Å². The second kappa shape index (κ2) is 6.47. The zero-order chi connectivity index (χ0) is 15.7. The Morgan fingerprint density at radius 3 is 3.14 bits per heavy atom. The van der Waals surface area contributed by atoms with Gasteiger partial charge in [0.1, 0.15) is 23.4 Å². The standard InChI is InChI=1S/C12H15ClN3O4PS/c1-18-21(17,22)19-6-8-2-3-10(20-8)16-5-4-9-11(13)14-7-15-12(9)16/h4-5,7-8,10H,2-3,6H2,1H3,(H,17,22). The van der Waals surface area contributed by atoms with Crippen molar-refractivity contribution in [2.45, 2.75) is 25.2 Å². The van der Waals surface area contributed by atoms with Gasteiger partial charge in [0.25, 0.3) is 0 Å². The average molecular weight is 364 g/mol. The summed E-state index contributed by atoms with van der Waals surface area (Å²) in [5.74, 6) is 0. The highest BCUT2D eigenvalue weighted by molar-refractivity contribution is 8.44. The van der Waals surface area contributed by atoms with Crippen molar-refractivity contribution in [3.8, 4) is 0 Å². The van der Waals surface area contributed by atoms with E-state index in [2.05, 4.69) is 26.7 Å². The SMILES string of the molecule is COP(=O)(S)OCC1CCC(n2ccc3c(Cl)ncnc32)O1. The number of aromatic nitrogens is 3. The van der Waals surface area contributed by atoms with Crippen LogP contribution in [0.1, 0.15) is 19.1 Å². The van der Waals surface area contributed by atoms with Gasteiger partial charge in [-0.15, -0.1) is 0 Å². The Morgan fingerprint density at radius 1 is 1.55 bits per heavy atom. The molecule has 0 aliphatic carbocycles. The molecule has 1 saturated heterocycles. The summed E-state index contributed by atoms with van der Waals surface area (Å²) in [5, 5.41) is 1.20. The van der Waals surface area contributed by atoms with Gasteiger partial charge in [-0.05, 0) is 18.9 Å². The molecule has 120 valence electrons. The van der Waals surface area contributed by atoms with E-state index in [1.165, 1.54) is 13.4 Å². The lowest BCUT2D eigenvalue weighted by Gasteiger charge is -2.17. The third-order valence-electron chi connectivity index (χ3n) is 3.51. The number of hydrogen-bond donors (Lipinski definition) is 1. The van der Waals surface area contributed by atoms with Gasteiger partial charge < -0.3 is 13.8 Å². The summed E-state index contributed by atoms with van der Waals surface area (Å²) >= 11 is 9.86. The highest BCUT2D eigenvalue weighted by atomic mass is 35.5. The van der Waals surface area contributed by atoms with Crippen molar-refractivity contribution < 1.29 is 18.3 Å². The Bertz CT molecular complexity index is 727. The first kappa shape index (κ1) is 16.2. The van der Waals surface area contributed by atoms with Crippen LogP contribution in [-0.2, 0) is 18.3 Å². The third kappa shape index (κ3) is 3.32. The zero-order valence-electron chi connectivity index (χ0n) is 11.8. The van der Waals surface area contributed by atoms with Crippen molar-refractivity contribution in [2.75, 3.05) is 13.7 Å². The van der Waals surface area contributed by atoms with Crippen LogP contribution in [0.2, 0.25) is 5.15 Å². The summed E-state index contributed by atoms with van der Waals surface area (Å²) in [5.41, 5.74) is 0.725. The molecule has 3 atom stereocenters. The molecule has 1 aliphatic heterocycles. The van der Waals surface area contributed by atoms with Crippen molar-refractivity contribution in [3.05, 3.63) is 23.7 Å². The van der Waals surface area contributed by atoms with Crippen LogP contribution in [-0.4, -0.2) is 34.4 Å². The minimum Gasteiger partial charge on any atom is -0.352 e.